The fraction of sp³-hybridized carbons (Fsp3) is 0.200. The number of hydrogen-bond donors (Lipinski definition) is 1. The monoisotopic (exact) mass is 305 g/mol. The van der Waals surface area contributed by atoms with E-state index in [1.807, 2.05) is 0 Å². The molecule has 4 nitrogen and oxygen atoms in total. The van der Waals surface area contributed by atoms with Crippen molar-refractivity contribution in [3.63, 3.8) is 0 Å². The molecule has 1 aromatic carbocycles. The van der Waals surface area contributed by atoms with Crippen molar-refractivity contribution in [2.75, 3.05) is 0 Å². The van der Waals surface area contributed by atoms with Gasteiger partial charge in [-0.05, 0) is 23.3 Å². The van der Waals surface area contributed by atoms with Crippen molar-refractivity contribution < 1.29 is 9.50 Å². The van der Waals surface area contributed by atoms with Crippen LogP contribution in [0.5, 0.6) is 0 Å². The average molecular weight is 306 g/mol. The fourth-order valence-electron chi connectivity index (χ4n) is 2.06. The van der Waals surface area contributed by atoms with Gasteiger partial charge in [0.25, 0.3) is 0 Å². The second kappa shape index (κ2) is 6.53. The molecule has 0 saturated heterocycles. The van der Waals surface area contributed by atoms with E-state index < -0.39 is 6.10 Å². The van der Waals surface area contributed by atoms with Crippen molar-refractivity contribution in [1.29, 1.82) is 5.26 Å². The number of aryl methyl sites for hydroxylation is 1. The van der Waals surface area contributed by atoms with E-state index in [-0.39, 0.29) is 18.3 Å². The van der Waals surface area contributed by atoms with Gasteiger partial charge in [0.05, 0.1) is 23.9 Å². The van der Waals surface area contributed by atoms with E-state index in [0.29, 0.717) is 16.1 Å². The van der Waals surface area contributed by atoms with Gasteiger partial charge in [0.2, 0.25) is 0 Å². The molecule has 0 aliphatic heterocycles. The Labute approximate surface area is 126 Å². The minimum absolute atomic E-state index is 0.0953. The Balaban J connectivity index is 2.42. The standard InChI is InChI=1S/C15H13ClFN3O/c1-20-9-11(8-19-20)14-5-12(16)2-3-13(14)15(21)4-10(6-17)7-18/h2-3,5-6,8-9,15,21H,4H2,1H3/b10-6-/t15-/m0/s1. The van der Waals surface area contributed by atoms with E-state index in [2.05, 4.69) is 5.10 Å². The molecule has 0 bridgehead atoms. The minimum Gasteiger partial charge on any atom is -0.388 e. The zero-order valence-electron chi connectivity index (χ0n) is 11.3. The highest BCUT2D eigenvalue weighted by Crippen LogP contribution is 2.33. The van der Waals surface area contributed by atoms with E-state index in [9.17, 15) is 9.50 Å². The Bertz CT molecular complexity index is 718. The van der Waals surface area contributed by atoms with Crippen LogP contribution in [0.3, 0.4) is 0 Å². The lowest BCUT2D eigenvalue weighted by molar-refractivity contribution is 0.179. The van der Waals surface area contributed by atoms with Gasteiger partial charge in [-0.2, -0.15) is 10.4 Å². The van der Waals surface area contributed by atoms with E-state index >= 15 is 0 Å². The van der Waals surface area contributed by atoms with Crippen LogP contribution in [0.25, 0.3) is 11.1 Å². The van der Waals surface area contributed by atoms with Crippen LogP contribution in [-0.4, -0.2) is 14.9 Å². The lowest BCUT2D eigenvalue weighted by atomic mass is 9.95. The Morgan fingerprint density at radius 1 is 1.62 bits per heavy atom. The predicted octanol–water partition coefficient (Wildman–Crippen LogP) is 3.54. The van der Waals surface area contributed by atoms with Crippen LogP contribution in [-0.2, 0) is 7.05 Å². The van der Waals surface area contributed by atoms with Crippen LogP contribution in [0.2, 0.25) is 5.02 Å². The Hall–Kier alpha value is -2.16. The van der Waals surface area contributed by atoms with Crippen LogP contribution in [0.1, 0.15) is 18.1 Å². The highest BCUT2D eigenvalue weighted by Gasteiger charge is 2.17. The van der Waals surface area contributed by atoms with Crippen LogP contribution < -0.4 is 0 Å². The van der Waals surface area contributed by atoms with E-state index in [1.165, 1.54) is 0 Å². The van der Waals surface area contributed by atoms with Gasteiger partial charge in [-0.25, -0.2) is 4.39 Å². The topological polar surface area (TPSA) is 61.8 Å². The molecule has 108 valence electrons. The average Bonchev–Trinajstić information content (AvgIpc) is 2.90. The summed E-state index contributed by atoms with van der Waals surface area (Å²) in [4.78, 5) is 0. The molecule has 1 heterocycles. The Kier molecular flexibility index (Phi) is 4.73. The van der Waals surface area contributed by atoms with Crippen LogP contribution in [0, 0.1) is 11.3 Å². The van der Waals surface area contributed by atoms with Crippen molar-refractivity contribution in [2.45, 2.75) is 12.5 Å². The smallest absolute Gasteiger partial charge is 0.100 e. The second-order valence-corrected chi connectivity index (χ2v) is 5.04. The maximum absolute atomic E-state index is 12.5. The molecule has 0 spiro atoms. The number of aliphatic hydroxyl groups is 1. The molecule has 2 rings (SSSR count). The maximum atomic E-state index is 12.5. The molecular weight excluding hydrogens is 293 g/mol. The fourth-order valence-corrected chi connectivity index (χ4v) is 2.23. The molecule has 0 saturated carbocycles. The third kappa shape index (κ3) is 3.48. The summed E-state index contributed by atoms with van der Waals surface area (Å²) in [5.74, 6) is 0. The minimum atomic E-state index is -1.00. The molecule has 0 radical (unpaired) electrons. The zero-order chi connectivity index (χ0) is 15.4. The van der Waals surface area contributed by atoms with Gasteiger partial charge in [0.15, 0.2) is 0 Å². The third-order valence-corrected chi connectivity index (χ3v) is 3.31. The van der Waals surface area contributed by atoms with Gasteiger partial charge >= 0.3 is 0 Å². The number of rotatable bonds is 4. The molecule has 1 aromatic heterocycles. The summed E-state index contributed by atoms with van der Waals surface area (Å²) in [5, 5.41) is 23.6. The molecule has 1 atom stereocenters. The number of halogens is 2. The molecule has 2 aromatic rings. The summed E-state index contributed by atoms with van der Waals surface area (Å²) in [6.07, 6.45) is 2.56. The normalized spacial score (nSPS) is 13.0. The van der Waals surface area contributed by atoms with Gasteiger partial charge in [0.1, 0.15) is 6.33 Å². The van der Waals surface area contributed by atoms with Crippen LogP contribution >= 0.6 is 11.6 Å². The Morgan fingerprint density at radius 2 is 2.38 bits per heavy atom. The number of aliphatic hydroxyl groups excluding tert-OH is 1. The molecule has 0 unspecified atom stereocenters. The van der Waals surface area contributed by atoms with Crippen molar-refractivity contribution in [2.24, 2.45) is 7.05 Å². The van der Waals surface area contributed by atoms with Gasteiger partial charge in [0, 0.05) is 30.3 Å². The quantitative estimate of drug-likeness (QED) is 0.879. The molecule has 6 heteroatoms. The van der Waals surface area contributed by atoms with E-state index in [1.54, 1.807) is 48.4 Å². The van der Waals surface area contributed by atoms with Gasteiger partial charge < -0.3 is 5.11 Å². The van der Waals surface area contributed by atoms with Crippen molar-refractivity contribution in [1.82, 2.24) is 9.78 Å². The second-order valence-electron chi connectivity index (χ2n) is 4.60. The molecule has 0 amide bonds. The molecule has 0 aliphatic rings. The highest BCUT2D eigenvalue weighted by atomic mass is 35.5. The maximum Gasteiger partial charge on any atom is 0.100 e. The van der Waals surface area contributed by atoms with Crippen LogP contribution in [0.15, 0.2) is 42.5 Å². The number of aromatic nitrogens is 2. The summed E-state index contributed by atoms with van der Waals surface area (Å²) in [7, 11) is 1.78. The molecule has 21 heavy (non-hydrogen) atoms. The van der Waals surface area contributed by atoms with Gasteiger partial charge in [-0.1, -0.05) is 17.7 Å². The molecule has 0 aliphatic carbocycles. The largest absolute Gasteiger partial charge is 0.388 e. The molecule has 1 N–H and O–H groups in total. The summed E-state index contributed by atoms with van der Waals surface area (Å²) in [6.45, 7) is 0. The lowest BCUT2D eigenvalue weighted by Crippen LogP contribution is -2.01. The summed E-state index contributed by atoms with van der Waals surface area (Å²) < 4.78 is 14.1. The number of nitriles is 1. The molecule has 0 fully saturated rings. The van der Waals surface area contributed by atoms with E-state index in [4.69, 9.17) is 16.9 Å². The highest BCUT2D eigenvalue weighted by molar-refractivity contribution is 6.30. The molecular formula is C15H13ClFN3O. The number of nitrogens with zero attached hydrogens (tertiary/aromatic N) is 3. The zero-order valence-corrected chi connectivity index (χ0v) is 12.0. The lowest BCUT2D eigenvalue weighted by Gasteiger charge is -2.14. The first kappa shape index (κ1) is 15.2. The van der Waals surface area contributed by atoms with Crippen LogP contribution in [0.4, 0.5) is 4.39 Å². The third-order valence-electron chi connectivity index (χ3n) is 3.08. The summed E-state index contributed by atoms with van der Waals surface area (Å²) in [6, 6.07) is 6.73. The van der Waals surface area contributed by atoms with Gasteiger partial charge in [-0.15, -0.1) is 0 Å². The first-order valence-corrected chi connectivity index (χ1v) is 6.59. The van der Waals surface area contributed by atoms with Gasteiger partial charge in [-0.3, -0.25) is 4.68 Å². The first-order chi connectivity index (χ1) is 10.0. The van der Waals surface area contributed by atoms with Crippen molar-refractivity contribution in [3.8, 4) is 17.2 Å². The predicted molar refractivity (Wildman–Crippen MR) is 78.0 cm³/mol. The number of benzene rings is 1. The number of hydrogen-bond acceptors (Lipinski definition) is 3. The first-order valence-electron chi connectivity index (χ1n) is 6.21. The van der Waals surface area contributed by atoms with E-state index in [0.717, 1.165) is 5.56 Å². The SMILES string of the molecule is Cn1cc(-c2cc(Cl)ccc2[C@@H](O)C/C(C#N)=C/F)cn1. The van der Waals surface area contributed by atoms with Crippen molar-refractivity contribution in [3.05, 3.63) is 53.1 Å². The van der Waals surface area contributed by atoms with Crippen molar-refractivity contribution >= 4 is 11.6 Å². The summed E-state index contributed by atoms with van der Waals surface area (Å²) >= 11 is 6.01. The summed E-state index contributed by atoms with van der Waals surface area (Å²) in [5.41, 5.74) is 1.95. The Morgan fingerprint density at radius 3 is 2.95 bits per heavy atom.